The van der Waals surface area contributed by atoms with Gasteiger partial charge in [-0.2, -0.15) is 0 Å². The highest BCUT2D eigenvalue weighted by atomic mass is 16.3. The topological polar surface area (TPSA) is 45.1 Å². The molecule has 3 nitrogen and oxygen atoms in total. The van der Waals surface area contributed by atoms with Crippen molar-refractivity contribution in [2.24, 2.45) is 0 Å². The predicted molar refractivity (Wildman–Crippen MR) is 47.9 cm³/mol. The molecule has 1 atom stereocenters. The van der Waals surface area contributed by atoms with Gasteiger partial charge in [-0.25, -0.2) is 0 Å². The summed E-state index contributed by atoms with van der Waals surface area (Å²) >= 11 is 0. The highest BCUT2D eigenvalue weighted by Gasteiger charge is 2.05. The van der Waals surface area contributed by atoms with Crippen LogP contribution in [0.2, 0.25) is 0 Å². The van der Waals surface area contributed by atoms with Gasteiger partial charge in [0.25, 0.3) is 0 Å². The molecule has 1 aromatic rings. The molecule has 0 saturated carbocycles. The zero-order valence-corrected chi connectivity index (χ0v) is 7.41. The molecule has 1 aromatic heterocycles. The molecule has 3 heteroatoms. The van der Waals surface area contributed by atoms with E-state index in [1.165, 1.54) is 0 Å². The quantitative estimate of drug-likeness (QED) is 0.692. The number of pyridine rings is 1. The van der Waals surface area contributed by atoms with Crippen LogP contribution in [-0.2, 0) is 0 Å². The summed E-state index contributed by atoms with van der Waals surface area (Å²) in [7, 11) is 1.80. The first-order chi connectivity index (χ1) is 5.74. The van der Waals surface area contributed by atoms with Gasteiger partial charge in [-0.3, -0.25) is 4.98 Å². The van der Waals surface area contributed by atoms with E-state index >= 15 is 0 Å². The molecule has 0 fully saturated rings. The van der Waals surface area contributed by atoms with Gasteiger partial charge in [0.2, 0.25) is 0 Å². The number of likely N-dealkylation sites (N-methyl/N-ethyl adjacent to an activating group) is 1. The molecular weight excluding hydrogens is 152 g/mol. The van der Waals surface area contributed by atoms with Gasteiger partial charge in [0, 0.05) is 12.7 Å². The van der Waals surface area contributed by atoms with Crippen molar-refractivity contribution in [3.8, 4) is 0 Å². The third kappa shape index (κ3) is 2.29. The number of nitrogens with one attached hydrogen (secondary N) is 1. The number of rotatable bonds is 3. The molecule has 2 N–H and O–H groups in total. The van der Waals surface area contributed by atoms with Crippen LogP contribution in [0.5, 0.6) is 0 Å². The van der Waals surface area contributed by atoms with E-state index in [1.54, 1.807) is 13.2 Å². The fourth-order valence-electron chi connectivity index (χ4n) is 0.974. The van der Waals surface area contributed by atoms with Crippen LogP contribution in [-0.4, -0.2) is 23.7 Å². The van der Waals surface area contributed by atoms with E-state index in [4.69, 9.17) is 0 Å². The second-order valence-corrected chi connectivity index (χ2v) is 2.83. The second-order valence-electron chi connectivity index (χ2n) is 2.83. The van der Waals surface area contributed by atoms with E-state index in [9.17, 15) is 5.11 Å². The van der Waals surface area contributed by atoms with Crippen LogP contribution < -0.4 is 5.32 Å². The maximum Gasteiger partial charge on any atom is 0.108 e. The Bertz CT molecular complexity index is 233. The van der Waals surface area contributed by atoms with E-state index in [2.05, 4.69) is 10.3 Å². The number of aliphatic hydroxyl groups is 1. The summed E-state index contributed by atoms with van der Waals surface area (Å²) in [6, 6.07) is 3.79. The number of aryl methyl sites for hydroxylation is 1. The molecule has 66 valence electrons. The summed E-state index contributed by atoms with van der Waals surface area (Å²) in [5.41, 5.74) is 1.82. The second kappa shape index (κ2) is 4.18. The molecule has 0 radical (unpaired) electrons. The maximum absolute atomic E-state index is 9.49. The van der Waals surface area contributed by atoms with Crippen LogP contribution in [0, 0.1) is 6.92 Å². The molecule has 1 rings (SSSR count). The lowest BCUT2D eigenvalue weighted by Gasteiger charge is -2.08. The predicted octanol–water partition coefficient (Wildman–Crippen LogP) is 0.643. The van der Waals surface area contributed by atoms with Crippen molar-refractivity contribution < 1.29 is 5.11 Å². The van der Waals surface area contributed by atoms with Crippen LogP contribution in [0.15, 0.2) is 18.3 Å². The summed E-state index contributed by atoms with van der Waals surface area (Å²) in [5, 5.41) is 12.4. The van der Waals surface area contributed by atoms with E-state index in [0.29, 0.717) is 6.54 Å². The van der Waals surface area contributed by atoms with E-state index < -0.39 is 6.10 Å². The Labute approximate surface area is 72.5 Å². The summed E-state index contributed by atoms with van der Waals surface area (Å²) in [6.45, 7) is 2.51. The lowest BCUT2D eigenvalue weighted by Crippen LogP contribution is -2.17. The molecule has 0 aliphatic rings. The molecule has 0 spiro atoms. The zero-order chi connectivity index (χ0) is 8.97. The van der Waals surface area contributed by atoms with Crippen molar-refractivity contribution in [1.29, 1.82) is 0 Å². The fraction of sp³-hybridized carbons (Fsp3) is 0.444. The molecule has 0 aliphatic carbocycles. The summed E-state index contributed by atoms with van der Waals surface area (Å²) in [5.74, 6) is 0. The summed E-state index contributed by atoms with van der Waals surface area (Å²) in [4.78, 5) is 4.11. The van der Waals surface area contributed by atoms with Crippen molar-refractivity contribution in [3.05, 3.63) is 29.6 Å². The first-order valence-electron chi connectivity index (χ1n) is 3.99. The first kappa shape index (κ1) is 9.16. The van der Waals surface area contributed by atoms with Gasteiger partial charge < -0.3 is 10.4 Å². The SMILES string of the molecule is CNCC(O)c1ccc(C)cn1. The van der Waals surface area contributed by atoms with Gasteiger partial charge in [-0.05, 0) is 25.6 Å². The van der Waals surface area contributed by atoms with Crippen molar-refractivity contribution >= 4 is 0 Å². The third-order valence-electron chi connectivity index (χ3n) is 1.67. The number of aliphatic hydroxyl groups excluding tert-OH is 1. The molecule has 12 heavy (non-hydrogen) atoms. The van der Waals surface area contributed by atoms with Crippen LogP contribution in [0.4, 0.5) is 0 Å². The van der Waals surface area contributed by atoms with Crippen LogP contribution in [0.3, 0.4) is 0 Å². The van der Waals surface area contributed by atoms with Gasteiger partial charge >= 0.3 is 0 Å². The Hall–Kier alpha value is -0.930. The molecule has 1 heterocycles. The van der Waals surface area contributed by atoms with Crippen molar-refractivity contribution in [2.75, 3.05) is 13.6 Å². The van der Waals surface area contributed by atoms with Crippen molar-refractivity contribution in [1.82, 2.24) is 10.3 Å². The zero-order valence-electron chi connectivity index (χ0n) is 7.41. The van der Waals surface area contributed by atoms with Gasteiger partial charge in [0.05, 0.1) is 5.69 Å². The lowest BCUT2D eigenvalue weighted by molar-refractivity contribution is 0.173. The minimum atomic E-state index is -0.504. The highest BCUT2D eigenvalue weighted by molar-refractivity contribution is 5.14. The number of hydrogen-bond donors (Lipinski definition) is 2. The van der Waals surface area contributed by atoms with E-state index in [1.807, 2.05) is 19.1 Å². The molecule has 0 bridgehead atoms. The third-order valence-corrected chi connectivity index (χ3v) is 1.67. The van der Waals surface area contributed by atoms with Gasteiger partial charge in [-0.1, -0.05) is 6.07 Å². The number of aromatic nitrogens is 1. The minimum Gasteiger partial charge on any atom is -0.385 e. The Kier molecular flexibility index (Phi) is 3.19. The average molecular weight is 166 g/mol. The molecule has 0 saturated heterocycles. The average Bonchev–Trinajstić information content (AvgIpc) is 2.06. The monoisotopic (exact) mass is 166 g/mol. The van der Waals surface area contributed by atoms with Crippen molar-refractivity contribution in [2.45, 2.75) is 13.0 Å². The standard InChI is InChI=1S/C9H14N2O/c1-7-3-4-8(11-5-7)9(12)6-10-2/h3-5,9-10,12H,6H2,1-2H3. The Morgan fingerprint density at radius 1 is 1.58 bits per heavy atom. The largest absolute Gasteiger partial charge is 0.385 e. The van der Waals surface area contributed by atoms with E-state index in [-0.39, 0.29) is 0 Å². The molecule has 0 aliphatic heterocycles. The number of nitrogens with zero attached hydrogens (tertiary/aromatic N) is 1. The van der Waals surface area contributed by atoms with Gasteiger partial charge in [-0.15, -0.1) is 0 Å². The summed E-state index contributed by atoms with van der Waals surface area (Å²) < 4.78 is 0. The number of hydrogen-bond acceptors (Lipinski definition) is 3. The lowest BCUT2D eigenvalue weighted by atomic mass is 10.2. The van der Waals surface area contributed by atoms with Crippen LogP contribution in [0.1, 0.15) is 17.4 Å². The minimum absolute atomic E-state index is 0.504. The Morgan fingerprint density at radius 3 is 2.83 bits per heavy atom. The summed E-state index contributed by atoms with van der Waals surface area (Å²) in [6.07, 6.45) is 1.25. The normalized spacial score (nSPS) is 12.9. The molecule has 0 amide bonds. The van der Waals surface area contributed by atoms with Crippen LogP contribution in [0.25, 0.3) is 0 Å². The Balaban J connectivity index is 2.68. The molecule has 0 aromatic carbocycles. The van der Waals surface area contributed by atoms with E-state index in [0.717, 1.165) is 11.3 Å². The first-order valence-corrected chi connectivity index (χ1v) is 3.99. The Morgan fingerprint density at radius 2 is 2.33 bits per heavy atom. The van der Waals surface area contributed by atoms with Gasteiger partial charge in [0.1, 0.15) is 6.10 Å². The maximum atomic E-state index is 9.49. The smallest absolute Gasteiger partial charge is 0.108 e. The molecule has 1 unspecified atom stereocenters. The molecular formula is C9H14N2O. The van der Waals surface area contributed by atoms with Crippen LogP contribution >= 0.6 is 0 Å². The van der Waals surface area contributed by atoms with Gasteiger partial charge in [0.15, 0.2) is 0 Å². The highest BCUT2D eigenvalue weighted by Crippen LogP contribution is 2.08. The van der Waals surface area contributed by atoms with Crippen molar-refractivity contribution in [3.63, 3.8) is 0 Å². The fourth-order valence-corrected chi connectivity index (χ4v) is 0.974.